The van der Waals surface area contributed by atoms with Gasteiger partial charge < -0.3 is 14.6 Å². The summed E-state index contributed by atoms with van der Waals surface area (Å²) < 4.78 is 10.4. The van der Waals surface area contributed by atoms with E-state index in [0.717, 1.165) is 11.1 Å². The number of hydrogen-bond donors (Lipinski definition) is 1. The zero-order chi connectivity index (χ0) is 22.4. The van der Waals surface area contributed by atoms with E-state index >= 15 is 0 Å². The molecule has 1 N–H and O–H groups in total. The molecule has 8 heteroatoms. The molecule has 0 saturated heterocycles. The van der Waals surface area contributed by atoms with Crippen LogP contribution in [0.4, 0.5) is 5.69 Å². The zero-order valence-corrected chi connectivity index (χ0v) is 17.5. The summed E-state index contributed by atoms with van der Waals surface area (Å²) in [6.45, 7) is 4.94. The first-order chi connectivity index (χ1) is 14.8. The lowest BCUT2D eigenvalue weighted by atomic mass is 10.1. The van der Waals surface area contributed by atoms with Gasteiger partial charge in [-0.15, -0.1) is 0 Å². The van der Waals surface area contributed by atoms with Crippen LogP contribution in [-0.4, -0.2) is 33.9 Å². The van der Waals surface area contributed by atoms with E-state index in [0.29, 0.717) is 23.0 Å². The van der Waals surface area contributed by atoms with Crippen molar-refractivity contribution in [1.82, 2.24) is 10.1 Å². The van der Waals surface area contributed by atoms with E-state index in [2.05, 4.69) is 15.5 Å². The molecule has 0 spiro atoms. The monoisotopic (exact) mass is 421 g/mol. The van der Waals surface area contributed by atoms with E-state index in [1.807, 2.05) is 31.2 Å². The van der Waals surface area contributed by atoms with Crippen LogP contribution in [-0.2, 0) is 20.7 Å². The predicted octanol–water partition coefficient (Wildman–Crippen LogP) is 3.75. The molecule has 0 saturated carbocycles. The van der Waals surface area contributed by atoms with E-state index in [1.54, 1.807) is 24.3 Å². The predicted molar refractivity (Wildman–Crippen MR) is 113 cm³/mol. The molecule has 3 aromatic rings. The minimum atomic E-state index is -0.981. The summed E-state index contributed by atoms with van der Waals surface area (Å²) in [4.78, 5) is 39.9. The maximum absolute atomic E-state index is 12.2. The molecule has 1 amide bonds. The molecule has 1 atom stereocenters. The fourth-order valence-corrected chi connectivity index (χ4v) is 2.73. The first-order valence-electron chi connectivity index (χ1n) is 9.83. The van der Waals surface area contributed by atoms with E-state index in [-0.39, 0.29) is 18.6 Å². The highest BCUT2D eigenvalue weighted by Gasteiger charge is 2.19. The van der Waals surface area contributed by atoms with Crippen LogP contribution in [0.15, 0.2) is 53.1 Å². The Labute approximate surface area is 179 Å². The number of Topliss-reactive ketones (excluding diaryl/α,β-unsaturated/α-hetero) is 1. The van der Waals surface area contributed by atoms with Gasteiger partial charge in [-0.05, 0) is 45.0 Å². The Bertz CT molecular complexity index is 1070. The first kappa shape index (κ1) is 21.9. The number of aryl methyl sites for hydroxylation is 2. The normalized spacial score (nSPS) is 11.6. The van der Waals surface area contributed by atoms with Crippen LogP contribution >= 0.6 is 0 Å². The number of aromatic nitrogens is 2. The van der Waals surface area contributed by atoms with Crippen molar-refractivity contribution in [2.75, 3.05) is 5.32 Å². The number of ketones is 1. The molecule has 3 rings (SSSR count). The van der Waals surface area contributed by atoms with Crippen molar-refractivity contribution in [1.29, 1.82) is 0 Å². The third kappa shape index (κ3) is 6.08. The first-order valence-corrected chi connectivity index (χ1v) is 9.83. The van der Waals surface area contributed by atoms with Gasteiger partial charge in [0.15, 0.2) is 11.9 Å². The van der Waals surface area contributed by atoms with Gasteiger partial charge in [-0.25, -0.2) is 0 Å². The van der Waals surface area contributed by atoms with Gasteiger partial charge in [0.25, 0.3) is 5.91 Å². The van der Waals surface area contributed by atoms with Crippen LogP contribution in [0.1, 0.15) is 42.1 Å². The summed E-state index contributed by atoms with van der Waals surface area (Å²) in [6, 6.07) is 14.2. The Kier molecular flexibility index (Phi) is 6.92. The molecule has 0 bridgehead atoms. The van der Waals surface area contributed by atoms with Gasteiger partial charge >= 0.3 is 5.97 Å². The Balaban J connectivity index is 1.47. The molecule has 31 heavy (non-hydrogen) atoms. The van der Waals surface area contributed by atoms with E-state index in [1.165, 1.54) is 13.8 Å². The highest BCUT2D eigenvalue weighted by atomic mass is 16.5. The molecule has 0 radical (unpaired) electrons. The van der Waals surface area contributed by atoms with Crippen molar-refractivity contribution in [3.8, 4) is 11.4 Å². The number of amides is 1. The van der Waals surface area contributed by atoms with Gasteiger partial charge in [0, 0.05) is 23.2 Å². The minimum Gasteiger partial charge on any atom is -0.453 e. The summed E-state index contributed by atoms with van der Waals surface area (Å²) in [5, 5.41) is 6.57. The number of nitrogens with zero attached hydrogens (tertiary/aromatic N) is 2. The minimum absolute atomic E-state index is 0.000456. The van der Waals surface area contributed by atoms with Gasteiger partial charge in [-0.3, -0.25) is 14.4 Å². The van der Waals surface area contributed by atoms with Crippen molar-refractivity contribution in [2.45, 2.75) is 39.7 Å². The number of rotatable bonds is 8. The molecular weight excluding hydrogens is 398 g/mol. The molecule has 2 aromatic carbocycles. The Hall–Kier alpha value is -3.81. The quantitative estimate of drug-likeness (QED) is 0.435. The molecule has 1 heterocycles. The largest absolute Gasteiger partial charge is 0.453 e. The standard InChI is InChI=1S/C23H23N3O5/c1-14-4-6-18(7-5-14)22-25-20(31-26-22)12-13-21(28)30-16(3)23(29)24-19-10-8-17(9-11-19)15(2)27/h4-11,16H,12-13H2,1-3H3,(H,24,29). The lowest BCUT2D eigenvalue weighted by Crippen LogP contribution is -2.30. The zero-order valence-electron chi connectivity index (χ0n) is 17.5. The molecule has 1 aromatic heterocycles. The Morgan fingerprint density at radius 3 is 2.39 bits per heavy atom. The summed E-state index contributed by atoms with van der Waals surface area (Å²) in [5.41, 5.74) is 3.00. The van der Waals surface area contributed by atoms with Gasteiger partial charge in [0.1, 0.15) is 0 Å². The van der Waals surface area contributed by atoms with Crippen molar-refractivity contribution in [3.63, 3.8) is 0 Å². The Morgan fingerprint density at radius 1 is 1.06 bits per heavy atom. The molecule has 0 aliphatic heterocycles. The lowest BCUT2D eigenvalue weighted by molar-refractivity contribution is -0.153. The maximum atomic E-state index is 12.2. The second-order valence-corrected chi connectivity index (χ2v) is 7.13. The highest BCUT2D eigenvalue weighted by molar-refractivity contribution is 5.97. The SMILES string of the molecule is CC(=O)c1ccc(NC(=O)C(C)OC(=O)CCc2nc(-c3ccc(C)cc3)no2)cc1. The smallest absolute Gasteiger partial charge is 0.307 e. The second kappa shape index (κ2) is 9.80. The molecule has 1 unspecified atom stereocenters. The second-order valence-electron chi connectivity index (χ2n) is 7.13. The van der Waals surface area contributed by atoms with Gasteiger partial charge in [0.2, 0.25) is 11.7 Å². The van der Waals surface area contributed by atoms with Crippen molar-refractivity contribution in [2.24, 2.45) is 0 Å². The topological polar surface area (TPSA) is 111 Å². The summed E-state index contributed by atoms with van der Waals surface area (Å²) in [7, 11) is 0. The van der Waals surface area contributed by atoms with Crippen LogP contribution in [0.3, 0.4) is 0 Å². The number of ether oxygens (including phenoxy) is 1. The van der Waals surface area contributed by atoms with Crippen molar-refractivity contribution in [3.05, 3.63) is 65.5 Å². The third-order valence-corrected chi connectivity index (χ3v) is 4.56. The number of hydrogen-bond acceptors (Lipinski definition) is 7. The van der Waals surface area contributed by atoms with Gasteiger partial charge in [-0.1, -0.05) is 35.0 Å². The van der Waals surface area contributed by atoms with Crippen LogP contribution in [0.5, 0.6) is 0 Å². The van der Waals surface area contributed by atoms with E-state index in [4.69, 9.17) is 9.26 Å². The Morgan fingerprint density at radius 2 is 1.74 bits per heavy atom. The molecule has 0 aliphatic rings. The average Bonchev–Trinajstić information content (AvgIpc) is 3.22. The summed E-state index contributed by atoms with van der Waals surface area (Å²) >= 11 is 0. The average molecular weight is 421 g/mol. The number of benzene rings is 2. The number of carbonyl (C=O) groups is 3. The van der Waals surface area contributed by atoms with Crippen LogP contribution < -0.4 is 5.32 Å². The third-order valence-electron chi connectivity index (χ3n) is 4.56. The fourth-order valence-electron chi connectivity index (χ4n) is 2.73. The van der Waals surface area contributed by atoms with Gasteiger partial charge in [-0.2, -0.15) is 4.98 Å². The molecule has 0 aliphatic carbocycles. The van der Waals surface area contributed by atoms with Crippen molar-refractivity contribution < 1.29 is 23.6 Å². The molecule has 0 fully saturated rings. The fraction of sp³-hybridized carbons (Fsp3) is 0.261. The number of anilines is 1. The molecule has 160 valence electrons. The molecule has 8 nitrogen and oxygen atoms in total. The van der Waals surface area contributed by atoms with Crippen molar-refractivity contribution >= 4 is 23.3 Å². The summed E-state index contributed by atoms with van der Waals surface area (Å²) in [5.74, 6) is -0.317. The molecular formula is C23H23N3O5. The highest BCUT2D eigenvalue weighted by Crippen LogP contribution is 2.17. The number of esters is 1. The number of carbonyl (C=O) groups excluding carboxylic acids is 3. The van der Waals surface area contributed by atoms with E-state index in [9.17, 15) is 14.4 Å². The van der Waals surface area contributed by atoms with Gasteiger partial charge in [0.05, 0.1) is 6.42 Å². The van der Waals surface area contributed by atoms with Crippen LogP contribution in [0.25, 0.3) is 11.4 Å². The number of nitrogens with one attached hydrogen (secondary N) is 1. The summed E-state index contributed by atoms with van der Waals surface area (Å²) in [6.07, 6.45) is -0.773. The lowest BCUT2D eigenvalue weighted by Gasteiger charge is -2.13. The maximum Gasteiger partial charge on any atom is 0.307 e. The van der Waals surface area contributed by atoms with E-state index < -0.39 is 18.0 Å². The van der Waals surface area contributed by atoms with Crippen LogP contribution in [0.2, 0.25) is 0 Å². The van der Waals surface area contributed by atoms with Crippen LogP contribution in [0, 0.1) is 6.92 Å².